The lowest BCUT2D eigenvalue weighted by molar-refractivity contribution is 0.101. The Balaban J connectivity index is 1.76. The van der Waals surface area contributed by atoms with Gasteiger partial charge in [-0.05, 0) is 61.0 Å². The number of hydrogen-bond donors (Lipinski definition) is 1. The molecule has 30 heavy (non-hydrogen) atoms. The third kappa shape index (κ3) is 4.48. The smallest absolute Gasteiger partial charge is 0.295 e. The minimum Gasteiger partial charge on any atom is -0.319 e. The molecule has 0 fully saturated rings. The molecule has 0 spiro atoms. The molecule has 0 atom stereocenters. The Morgan fingerprint density at radius 3 is 2.23 bits per heavy atom. The van der Waals surface area contributed by atoms with Crippen LogP contribution >= 0.6 is 43.5 Å². The third-order valence-electron chi connectivity index (χ3n) is 4.41. The summed E-state index contributed by atoms with van der Waals surface area (Å²) in [6, 6.07) is 20.6. The van der Waals surface area contributed by atoms with Crippen LogP contribution in [-0.2, 0) is 0 Å². The summed E-state index contributed by atoms with van der Waals surface area (Å²) in [6.45, 7) is 1.93. The maximum Gasteiger partial charge on any atom is 0.295 e. The van der Waals surface area contributed by atoms with E-state index in [2.05, 4.69) is 47.3 Å². The molecule has 1 N–H and O–H groups in total. The van der Waals surface area contributed by atoms with Crippen LogP contribution in [0.5, 0.6) is 0 Å². The fourth-order valence-electron chi connectivity index (χ4n) is 2.81. The van der Waals surface area contributed by atoms with E-state index in [0.717, 1.165) is 25.8 Å². The summed E-state index contributed by atoms with van der Waals surface area (Å²) in [6.07, 6.45) is 0. The van der Waals surface area contributed by atoms with E-state index in [4.69, 9.17) is 11.6 Å². The lowest BCUT2D eigenvalue weighted by atomic mass is 10.2. The molecular formula is C22H15Br2ClN4O. The second kappa shape index (κ2) is 8.71. The van der Waals surface area contributed by atoms with Crippen molar-refractivity contribution in [3.63, 3.8) is 0 Å². The molecule has 0 radical (unpaired) electrons. The van der Waals surface area contributed by atoms with Gasteiger partial charge >= 0.3 is 0 Å². The van der Waals surface area contributed by atoms with Crippen molar-refractivity contribution in [2.24, 2.45) is 0 Å². The molecular weight excluding hydrogens is 532 g/mol. The van der Waals surface area contributed by atoms with Crippen LogP contribution in [-0.4, -0.2) is 20.7 Å². The van der Waals surface area contributed by atoms with E-state index in [1.54, 1.807) is 16.8 Å². The summed E-state index contributed by atoms with van der Waals surface area (Å²) in [5, 5.41) is 7.92. The van der Waals surface area contributed by atoms with Crippen LogP contribution in [0.3, 0.4) is 0 Å². The van der Waals surface area contributed by atoms with Gasteiger partial charge in [-0.1, -0.05) is 61.7 Å². The van der Waals surface area contributed by atoms with Crippen molar-refractivity contribution in [2.45, 2.75) is 6.92 Å². The zero-order valence-electron chi connectivity index (χ0n) is 15.7. The zero-order valence-corrected chi connectivity index (χ0v) is 19.7. The molecule has 4 rings (SSSR count). The number of anilines is 1. The van der Waals surface area contributed by atoms with Gasteiger partial charge in [-0.2, -0.15) is 0 Å². The molecule has 1 aromatic heterocycles. The Hall–Kier alpha value is -2.48. The van der Waals surface area contributed by atoms with Gasteiger partial charge in [0.2, 0.25) is 5.82 Å². The highest BCUT2D eigenvalue weighted by Gasteiger charge is 2.19. The van der Waals surface area contributed by atoms with E-state index >= 15 is 0 Å². The topological polar surface area (TPSA) is 59.8 Å². The number of amides is 1. The molecule has 3 aromatic carbocycles. The van der Waals surface area contributed by atoms with Gasteiger partial charge in [0.05, 0.1) is 5.69 Å². The molecule has 0 aliphatic heterocycles. The first-order valence-electron chi connectivity index (χ1n) is 8.97. The van der Waals surface area contributed by atoms with Crippen molar-refractivity contribution in [2.75, 3.05) is 5.32 Å². The van der Waals surface area contributed by atoms with Crippen molar-refractivity contribution >= 4 is 55.1 Å². The molecule has 0 aliphatic carbocycles. The highest BCUT2D eigenvalue weighted by molar-refractivity contribution is 9.10. The second-order valence-corrected chi connectivity index (χ2v) is 8.81. The SMILES string of the molecule is Cc1ccc(-n2nc(C(=O)Nc3ccc(Br)cc3)nc2-c2ccc(Br)cc2)cc1Cl. The predicted octanol–water partition coefficient (Wildman–Crippen LogP) is 6.67. The maximum absolute atomic E-state index is 12.8. The Bertz CT molecular complexity index is 1220. The molecule has 1 amide bonds. The number of hydrogen-bond acceptors (Lipinski definition) is 3. The highest BCUT2D eigenvalue weighted by atomic mass is 79.9. The molecule has 150 valence electrons. The minimum atomic E-state index is -0.396. The van der Waals surface area contributed by atoms with Crippen LogP contribution in [0.2, 0.25) is 5.02 Å². The van der Waals surface area contributed by atoms with Crippen LogP contribution in [0, 0.1) is 6.92 Å². The molecule has 4 aromatic rings. The Kier molecular flexibility index (Phi) is 6.04. The van der Waals surface area contributed by atoms with E-state index in [1.807, 2.05) is 61.5 Å². The van der Waals surface area contributed by atoms with Crippen LogP contribution < -0.4 is 5.32 Å². The number of benzene rings is 3. The van der Waals surface area contributed by atoms with Gasteiger partial charge in [-0.3, -0.25) is 4.79 Å². The number of rotatable bonds is 4. The first-order chi connectivity index (χ1) is 14.4. The van der Waals surface area contributed by atoms with E-state index < -0.39 is 5.91 Å². The number of nitrogens with one attached hydrogen (secondary N) is 1. The first kappa shape index (κ1) is 20.8. The van der Waals surface area contributed by atoms with E-state index in [-0.39, 0.29) is 5.82 Å². The number of carbonyl (C=O) groups is 1. The number of nitrogens with zero attached hydrogens (tertiary/aromatic N) is 3. The molecule has 5 nitrogen and oxygen atoms in total. The summed E-state index contributed by atoms with van der Waals surface area (Å²) in [5.74, 6) is 0.212. The van der Waals surface area contributed by atoms with Crippen LogP contribution in [0.4, 0.5) is 5.69 Å². The summed E-state index contributed by atoms with van der Waals surface area (Å²) in [4.78, 5) is 17.3. The minimum absolute atomic E-state index is 0.0625. The second-order valence-electron chi connectivity index (χ2n) is 6.57. The average molecular weight is 547 g/mol. The average Bonchev–Trinajstić information content (AvgIpc) is 3.18. The van der Waals surface area contributed by atoms with E-state index in [1.165, 1.54) is 0 Å². The molecule has 0 saturated carbocycles. The summed E-state index contributed by atoms with van der Waals surface area (Å²) in [7, 11) is 0. The van der Waals surface area contributed by atoms with Crippen molar-refractivity contribution in [1.29, 1.82) is 0 Å². The monoisotopic (exact) mass is 544 g/mol. The predicted molar refractivity (Wildman–Crippen MR) is 126 cm³/mol. The number of aromatic nitrogens is 3. The fraction of sp³-hybridized carbons (Fsp3) is 0.0455. The highest BCUT2D eigenvalue weighted by Crippen LogP contribution is 2.26. The summed E-state index contributed by atoms with van der Waals surface area (Å²) >= 11 is 13.1. The van der Waals surface area contributed by atoms with Gasteiger partial charge < -0.3 is 5.32 Å². The van der Waals surface area contributed by atoms with Crippen molar-refractivity contribution in [3.05, 3.63) is 92.1 Å². The van der Waals surface area contributed by atoms with E-state index in [9.17, 15) is 4.79 Å². The Labute approximate surface area is 195 Å². The van der Waals surface area contributed by atoms with Gasteiger partial charge in [-0.15, -0.1) is 5.10 Å². The Morgan fingerprint density at radius 1 is 0.967 bits per heavy atom. The lowest BCUT2D eigenvalue weighted by Crippen LogP contribution is -2.14. The van der Waals surface area contributed by atoms with Gasteiger partial charge in [0.15, 0.2) is 5.82 Å². The van der Waals surface area contributed by atoms with Gasteiger partial charge in [-0.25, -0.2) is 9.67 Å². The maximum atomic E-state index is 12.8. The molecule has 0 saturated heterocycles. The van der Waals surface area contributed by atoms with Crippen LogP contribution in [0.15, 0.2) is 75.7 Å². The lowest BCUT2D eigenvalue weighted by Gasteiger charge is -2.07. The molecule has 1 heterocycles. The molecule has 0 aliphatic rings. The van der Waals surface area contributed by atoms with Crippen LogP contribution in [0.1, 0.15) is 16.2 Å². The number of carbonyl (C=O) groups excluding carboxylic acids is 1. The van der Waals surface area contributed by atoms with Crippen molar-refractivity contribution in [1.82, 2.24) is 14.8 Å². The largest absolute Gasteiger partial charge is 0.319 e. The number of halogens is 3. The summed E-state index contributed by atoms with van der Waals surface area (Å²) < 4.78 is 3.51. The van der Waals surface area contributed by atoms with Crippen LogP contribution in [0.25, 0.3) is 17.1 Å². The molecule has 8 heteroatoms. The number of aryl methyl sites for hydroxylation is 1. The van der Waals surface area contributed by atoms with Gasteiger partial charge in [0, 0.05) is 25.2 Å². The standard InChI is InChI=1S/C22H15Br2ClN4O/c1-13-2-11-18(12-19(13)25)29-21(14-3-5-15(23)6-4-14)27-20(28-29)22(30)26-17-9-7-16(24)8-10-17/h2-12H,1H3,(H,26,30). The molecule has 0 bridgehead atoms. The quantitative estimate of drug-likeness (QED) is 0.311. The zero-order chi connectivity index (χ0) is 21.3. The molecule has 0 unspecified atom stereocenters. The van der Waals surface area contributed by atoms with Gasteiger partial charge in [0.1, 0.15) is 0 Å². The first-order valence-corrected chi connectivity index (χ1v) is 10.9. The third-order valence-corrected chi connectivity index (χ3v) is 5.88. The summed E-state index contributed by atoms with van der Waals surface area (Å²) in [5.41, 5.74) is 3.16. The van der Waals surface area contributed by atoms with Crippen molar-refractivity contribution in [3.8, 4) is 17.1 Å². The van der Waals surface area contributed by atoms with Crippen molar-refractivity contribution < 1.29 is 4.79 Å². The van der Waals surface area contributed by atoms with E-state index in [0.29, 0.717) is 16.5 Å². The Morgan fingerprint density at radius 2 is 1.60 bits per heavy atom. The van der Waals surface area contributed by atoms with Gasteiger partial charge in [0.25, 0.3) is 5.91 Å². The normalized spacial score (nSPS) is 10.8. The fourth-order valence-corrected chi connectivity index (χ4v) is 3.51.